The molecule has 0 saturated carbocycles. The van der Waals surface area contributed by atoms with Crippen LogP contribution in [0.1, 0.15) is 21.7 Å². The van der Waals surface area contributed by atoms with Gasteiger partial charge < -0.3 is 20.1 Å². The molecule has 4 rings (SSSR count). The van der Waals surface area contributed by atoms with E-state index in [1.807, 2.05) is 0 Å². The van der Waals surface area contributed by atoms with Gasteiger partial charge in [-0.05, 0) is 37.3 Å². The number of anilines is 2. The zero-order valence-corrected chi connectivity index (χ0v) is 14.7. The van der Waals surface area contributed by atoms with Crippen molar-refractivity contribution in [1.82, 2.24) is 20.4 Å². The highest BCUT2D eigenvalue weighted by Gasteiger charge is 2.35. The van der Waals surface area contributed by atoms with E-state index in [1.54, 1.807) is 24.3 Å². The van der Waals surface area contributed by atoms with E-state index in [-0.39, 0.29) is 28.5 Å². The number of carbonyl (C=O) groups is 1. The van der Waals surface area contributed by atoms with Crippen LogP contribution in [0.4, 0.5) is 24.7 Å². The quantitative estimate of drug-likeness (QED) is 0.490. The fourth-order valence-electron chi connectivity index (χ4n) is 3.00. The molecule has 4 aromatic rings. The molecule has 0 aliphatic carbocycles. The molecule has 3 heterocycles. The number of carbonyl (C=O) groups excluding carboxylic acids is 1. The van der Waals surface area contributed by atoms with Crippen LogP contribution in [0.5, 0.6) is 0 Å². The number of benzene rings is 1. The lowest BCUT2D eigenvalue weighted by Crippen LogP contribution is -2.17. The summed E-state index contributed by atoms with van der Waals surface area (Å²) in [5, 5.41) is 9.51. The molecule has 28 heavy (non-hydrogen) atoms. The Labute approximate surface area is 155 Å². The van der Waals surface area contributed by atoms with Crippen LogP contribution in [0.25, 0.3) is 22.0 Å². The van der Waals surface area contributed by atoms with E-state index in [2.05, 4.69) is 25.8 Å². The lowest BCUT2D eigenvalue weighted by atomic mass is 10.1. The van der Waals surface area contributed by atoms with Crippen LogP contribution in [0.3, 0.4) is 0 Å². The number of nitrogens with zero attached hydrogens (tertiary/aromatic N) is 2. The molecule has 1 aromatic carbocycles. The van der Waals surface area contributed by atoms with E-state index in [1.165, 1.54) is 14.0 Å². The number of aromatic nitrogens is 3. The second-order valence-corrected chi connectivity index (χ2v) is 6.19. The predicted octanol–water partition coefficient (Wildman–Crippen LogP) is 4.13. The Morgan fingerprint density at radius 1 is 1.21 bits per heavy atom. The monoisotopic (exact) mass is 389 g/mol. The van der Waals surface area contributed by atoms with Crippen LogP contribution in [-0.4, -0.2) is 28.1 Å². The summed E-state index contributed by atoms with van der Waals surface area (Å²) in [5.74, 6) is -0.300. The summed E-state index contributed by atoms with van der Waals surface area (Å²) in [6.45, 7) is 1.43. The molecule has 3 N–H and O–H groups in total. The van der Waals surface area contributed by atoms with E-state index in [9.17, 15) is 18.0 Å². The maximum atomic E-state index is 13.4. The van der Waals surface area contributed by atoms with Gasteiger partial charge in [-0.1, -0.05) is 5.16 Å². The summed E-state index contributed by atoms with van der Waals surface area (Å²) < 4.78 is 45.3. The zero-order chi connectivity index (χ0) is 20.1. The summed E-state index contributed by atoms with van der Waals surface area (Å²) in [7, 11) is 1.52. The number of pyridine rings is 1. The van der Waals surface area contributed by atoms with E-state index < -0.39 is 11.7 Å². The van der Waals surface area contributed by atoms with Crippen LogP contribution in [0, 0.1) is 6.92 Å². The minimum absolute atomic E-state index is 0.0302. The number of amides is 1. The summed E-state index contributed by atoms with van der Waals surface area (Å²) in [5.41, 5.74) is 0.658. The van der Waals surface area contributed by atoms with Gasteiger partial charge >= 0.3 is 6.18 Å². The lowest BCUT2D eigenvalue weighted by molar-refractivity contribution is -0.136. The van der Waals surface area contributed by atoms with Gasteiger partial charge in [0, 0.05) is 23.6 Å². The molecule has 0 aliphatic rings. The number of fused-ring (bicyclic) bond motifs is 2. The number of nitrogens with one attached hydrogen (secondary N) is 3. The number of hydrogen-bond acceptors (Lipinski definition) is 5. The van der Waals surface area contributed by atoms with Crippen molar-refractivity contribution in [3.8, 4) is 0 Å². The minimum atomic E-state index is -4.58. The van der Waals surface area contributed by atoms with Crippen molar-refractivity contribution in [2.75, 3.05) is 12.4 Å². The van der Waals surface area contributed by atoms with Crippen LogP contribution >= 0.6 is 0 Å². The van der Waals surface area contributed by atoms with E-state index in [0.29, 0.717) is 11.4 Å². The largest absolute Gasteiger partial charge is 0.417 e. The molecule has 144 valence electrons. The van der Waals surface area contributed by atoms with Crippen molar-refractivity contribution in [2.24, 2.45) is 0 Å². The number of aryl methyl sites for hydroxylation is 1. The third-order valence-electron chi connectivity index (χ3n) is 4.29. The summed E-state index contributed by atoms with van der Waals surface area (Å²) >= 11 is 0. The van der Waals surface area contributed by atoms with E-state index in [0.717, 1.165) is 17.0 Å². The fourth-order valence-corrected chi connectivity index (χ4v) is 3.00. The molecule has 7 nitrogen and oxygen atoms in total. The number of rotatable bonds is 3. The SMILES string of the molecule is CNC(=O)c1cc2cc(Nc3cc(C(F)(F)F)c4c(C)noc4n3)ccc2[nH]1. The van der Waals surface area contributed by atoms with Crippen LogP contribution in [-0.2, 0) is 6.18 Å². The Balaban J connectivity index is 1.74. The van der Waals surface area contributed by atoms with Gasteiger partial charge in [-0.25, -0.2) is 0 Å². The molecule has 0 radical (unpaired) electrons. The summed E-state index contributed by atoms with van der Waals surface area (Å²) in [6.07, 6.45) is -4.58. The van der Waals surface area contributed by atoms with Gasteiger partial charge in [0.2, 0.25) is 0 Å². The Morgan fingerprint density at radius 2 is 2.00 bits per heavy atom. The third-order valence-corrected chi connectivity index (χ3v) is 4.29. The van der Waals surface area contributed by atoms with Crippen molar-refractivity contribution in [2.45, 2.75) is 13.1 Å². The Bertz CT molecular complexity index is 1210. The molecule has 0 saturated heterocycles. The minimum Gasteiger partial charge on any atom is -0.354 e. The lowest BCUT2D eigenvalue weighted by Gasteiger charge is -2.11. The molecule has 3 aromatic heterocycles. The Kier molecular flexibility index (Phi) is 3.98. The molecule has 0 bridgehead atoms. The topological polar surface area (TPSA) is 95.8 Å². The Morgan fingerprint density at radius 3 is 2.71 bits per heavy atom. The van der Waals surface area contributed by atoms with Gasteiger partial charge in [0.1, 0.15) is 11.5 Å². The first kappa shape index (κ1) is 17.8. The Hall–Kier alpha value is -3.56. The van der Waals surface area contributed by atoms with E-state index >= 15 is 0 Å². The molecule has 10 heteroatoms. The van der Waals surface area contributed by atoms with E-state index in [4.69, 9.17) is 4.52 Å². The highest BCUT2D eigenvalue weighted by Crippen LogP contribution is 2.37. The molecule has 0 spiro atoms. The second kappa shape index (κ2) is 6.25. The van der Waals surface area contributed by atoms with Crippen molar-refractivity contribution in [1.29, 1.82) is 0 Å². The first-order chi connectivity index (χ1) is 13.3. The molecule has 1 amide bonds. The molecule has 0 atom stereocenters. The van der Waals surface area contributed by atoms with Crippen LogP contribution in [0.15, 0.2) is 34.9 Å². The van der Waals surface area contributed by atoms with Crippen molar-refractivity contribution in [3.63, 3.8) is 0 Å². The van der Waals surface area contributed by atoms with Crippen molar-refractivity contribution in [3.05, 3.63) is 47.3 Å². The molecular formula is C18H14F3N5O2. The number of H-pyrrole nitrogens is 1. The van der Waals surface area contributed by atoms with Crippen molar-refractivity contribution < 1.29 is 22.5 Å². The van der Waals surface area contributed by atoms with Gasteiger partial charge in [0.25, 0.3) is 11.6 Å². The van der Waals surface area contributed by atoms with Crippen LogP contribution < -0.4 is 10.6 Å². The summed E-state index contributed by atoms with van der Waals surface area (Å²) in [4.78, 5) is 18.8. The molecular weight excluding hydrogens is 375 g/mol. The fraction of sp³-hybridized carbons (Fsp3) is 0.167. The first-order valence-corrected chi connectivity index (χ1v) is 8.22. The average Bonchev–Trinajstić information content (AvgIpc) is 3.23. The van der Waals surface area contributed by atoms with Gasteiger partial charge in [0.15, 0.2) is 0 Å². The number of alkyl halides is 3. The van der Waals surface area contributed by atoms with Gasteiger partial charge in [-0.3, -0.25) is 4.79 Å². The van der Waals surface area contributed by atoms with Gasteiger partial charge in [-0.2, -0.15) is 18.2 Å². The normalized spacial score (nSPS) is 11.9. The maximum Gasteiger partial charge on any atom is 0.417 e. The van der Waals surface area contributed by atoms with Gasteiger partial charge in [-0.15, -0.1) is 0 Å². The molecule has 0 unspecified atom stereocenters. The zero-order valence-electron chi connectivity index (χ0n) is 14.7. The maximum absolute atomic E-state index is 13.4. The summed E-state index contributed by atoms with van der Waals surface area (Å²) in [6, 6.07) is 7.65. The smallest absolute Gasteiger partial charge is 0.354 e. The predicted molar refractivity (Wildman–Crippen MR) is 96.5 cm³/mol. The second-order valence-electron chi connectivity index (χ2n) is 6.19. The van der Waals surface area contributed by atoms with Crippen LogP contribution in [0.2, 0.25) is 0 Å². The number of hydrogen-bond donors (Lipinski definition) is 3. The molecule has 0 aliphatic heterocycles. The average molecular weight is 389 g/mol. The van der Waals surface area contributed by atoms with Crippen molar-refractivity contribution >= 4 is 39.4 Å². The highest BCUT2D eigenvalue weighted by molar-refractivity contribution is 5.98. The number of halogens is 3. The number of aromatic amines is 1. The van der Waals surface area contributed by atoms with Gasteiger partial charge in [0.05, 0.1) is 16.6 Å². The highest BCUT2D eigenvalue weighted by atomic mass is 19.4. The molecule has 0 fully saturated rings. The standard InChI is InChI=1S/C18H14F3N5O2/c1-8-15-11(18(19,20)21)7-14(25-17(15)28-26-8)23-10-3-4-12-9(5-10)6-13(24-12)16(27)22-2/h3-7,24H,1-2H3,(H,22,27)(H,23,25). The first-order valence-electron chi connectivity index (χ1n) is 8.22. The third kappa shape index (κ3) is 3.02.